The molecule has 3 heterocycles. The van der Waals surface area contributed by atoms with Gasteiger partial charge in [-0.15, -0.1) is 0 Å². The fraction of sp³-hybridized carbons (Fsp3) is 0.667. The molecule has 146 valence electrons. The fourth-order valence-corrected chi connectivity index (χ4v) is 5.11. The lowest BCUT2D eigenvalue weighted by molar-refractivity contribution is -0.907. The van der Waals surface area contributed by atoms with Crippen molar-refractivity contribution in [2.75, 3.05) is 26.7 Å². The molecule has 0 saturated carbocycles. The van der Waals surface area contributed by atoms with Crippen molar-refractivity contribution >= 4 is 0 Å². The van der Waals surface area contributed by atoms with Crippen molar-refractivity contribution in [3.8, 4) is 17.6 Å². The first-order chi connectivity index (χ1) is 12.8. The van der Waals surface area contributed by atoms with Gasteiger partial charge in [-0.05, 0) is 64.9 Å². The van der Waals surface area contributed by atoms with Crippen LogP contribution in [-0.2, 0) is 4.74 Å². The van der Waals surface area contributed by atoms with Gasteiger partial charge < -0.3 is 14.0 Å². The minimum Gasteiger partial charge on any atom is -0.487 e. The highest BCUT2D eigenvalue weighted by Crippen LogP contribution is 2.52. The molecule has 0 aliphatic carbocycles. The molecule has 2 saturated heterocycles. The van der Waals surface area contributed by atoms with Gasteiger partial charge in [-0.25, -0.2) is 0 Å². The second kappa shape index (κ2) is 6.83. The van der Waals surface area contributed by atoms with Crippen LogP contribution in [0.2, 0.25) is 0 Å². The zero-order chi connectivity index (χ0) is 19.1. The zero-order valence-corrected chi connectivity index (χ0v) is 17.4. The Kier molecular flexibility index (Phi) is 4.77. The molecule has 0 bridgehead atoms. The number of rotatable bonds is 1. The van der Waals surface area contributed by atoms with Crippen molar-refractivity contribution in [3.05, 3.63) is 29.8 Å². The molecule has 0 spiro atoms. The van der Waals surface area contributed by atoms with Crippen molar-refractivity contribution in [1.82, 2.24) is 0 Å². The van der Waals surface area contributed by atoms with Crippen molar-refractivity contribution < 1.29 is 14.0 Å². The van der Waals surface area contributed by atoms with Crippen LogP contribution in [0.4, 0.5) is 0 Å². The summed E-state index contributed by atoms with van der Waals surface area (Å²) >= 11 is 0. The summed E-state index contributed by atoms with van der Waals surface area (Å²) in [5, 5.41) is 0. The van der Waals surface area contributed by atoms with Crippen LogP contribution in [0.25, 0.3) is 0 Å². The number of piperidine rings is 1. The number of likely N-dealkylation sites (tertiary alicyclic amines) is 1. The van der Waals surface area contributed by atoms with E-state index >= 15 is 0 Å². The van der Waals surface area contributed by atoms with Crippen LogP contribution in [0.15, 0.2) is 24.3 Å². The summed E-state index contributed by atoms with van der Waals surface area (Å²) in [6, 6.07) is 8.34. The first-order valence-corrected chi connectivity index (χ1v) is 10.6. The first kappa shape index (κ1) is 18.8. The summed E-state index contributed by atoms with van der Waals surface area (Å²) in [7, 11) is 2.35. The van der Waals surface area contributed by atoms with Gasteiger partial charge in [0.05, 0.1) is 26.2 Å². The van der Waals surface area contributed by atoms with Gasteiger partial charge in [-0.3, -0.25) is 0 Å². The Hall–Kier alpha value is -1.50. The Morgan fingerprint density at radius 3 is 2.63 bits per heavy atom. The van der Waals surface area contributed by atoms with E-state index in [0.29, 0.717) is 5.92 Å². The number of quaternary nitrogens is 1. The summed E-state index contributed by atoms with van der Waals surface area (Å²) in [5.74, 6) is 8.38. The monoisotopic (exact) mass is 368 g/mol. The highest BCUT2D eigenvalue weighted by atomic mass is 16.5. The third kappa shape index (κ3) is 3.75. The average Bonchev–Trinajstić information content (AvgIpc) is 2.61. The third-order valence-electron chi connectivity index (χ3n) is 6.89. The van der Waals surface area contributed by atoms with E-state index in [1.807, 2.05) is 6.07 Å². The summed E-state index contributed by atoms with van der Waals surface area (Å²) in [6.45, 7) is 10.0. The summed E-state index contributed by atoms with van der Waals surface area (Å²) < 4.78 is 14.1. The van der Waals surface area contributed by atoms with E-state index in [9.17, 15) is 0 Å². The summed E-state index contributed by atoms with van der Waals surface area (Å²) in [5.41, 5.74) is 0.612. The molecular formula is C24H34NO2+. The van der Waals surface area contributed by atoms with Crippen LogP contribution >= 0.6 is 0 Å². The standard InChI is InChI=1S/C24H34NO2/c1-23(2)20-13-15-24(3,14-10-18-25(4)16-8-5-9-17-25)27-22(20)19-11-6-7-12-21(19)26-23/h6-7,11-12,20,22H,5,8-9,13,15-18H2,1-4H3/q+1/t20-,22+,24+/m1/s1. The van der Waals surface area contributed by atoms with Gasteiger partial charge in [-0.2, -0.15) is 0 Å². The molecule has 3 nitrogen and oxygen atoms in total. The van der Waals surface area contributed by atoms with Gasteiger partial charge in [0, 0.05) is 11.5 Å². The van der Waals surface area contributed by atoms with Gasteiger partial charge in [-0.1, -0.05) is 24.1 Å². The maximum absolute atomic E-state index is 6.70. The van der Waals surface area contributed by atoms with E-state index in [4.69, 9.17) is 9.47 Å². The molecule has 3 aliphatic heterocycles. The lowest BCUT2D eigenvalue weighted by Crippen LogP contribution is -2.51. The molecule has 0 N–H and O–H groups in total. The van der Waals surface area contributed by atoms with Crippen LogP contribution < -0.4 is 4.74 Å². The second-order valence-corrected chi connectivity index (χ2v) is 9.75. The number of nitrogens with zero attached hydrogens (tertiary/aromatic N) is 1. The Bertz CT molecular complexity index is 753. The predicted octanol–water partition coefficient (Wildman–Crippen LogP) is 4.72. The van der Waals surface area contributed by atoms with Gasteiger partial charge in [0.2, 0.25) is 0 Å². The number of fused-ring (bicyclic) bond motifs is 3. The van der Waals surface area contributed by atoms with Crippen molar-refractivity contribution in [2.45, 2.75) is 70.2 Å². The minimum atomic E-state index is -0.364. The molecule has 3 heteroatoms. The molecule has 27 heavy (non-hydrogen) atoms. The van der Waals surface area contributed by atoms with Crippen molar-refractivity contribution in [3.63, 3.8) is 0 Å². The summed E-state index contributed by atoms with van der Waals surface area (Å²) in [4.78, 5) is 0. The van der Waals surface area contributed by atoms with Gasteiger partial charge >= 0.3 is 0 Å². The molecule has 2 fully saturated rings. The normalized spacial score (nSPS) is 33.6. The van der Waals surface area contributed by atoms with Crippen LogP contribution in [0.3, 0.4) is 0 Å². The molecule has 1 aromatic rings. The van der Waals surface area contributed by atoms with Gasteiger partial charge in [0.15, 0.2) is 0 Å². The fourth-order valence-electron chi connectivity index (χ4n) is 5.11. The van der Waals surface area contributed by atoms with E-state index in [-0.39, 0.29) is 17.3 Å². The molecule has 3 atom stereocenters. The predicted molar refractivity (Wildman–Crippen MR) is 109 cm³/mol. The molecule has 0 amide bonds. The second-order valence-electron chi connectivity index (χ2n) is 9.75. The van der Waals surface area contributed by atoms with E-state index in [1.54, 1.807) is 0 Å². The molecule has 4 rings (SSSR count). The molecule has 3 aliphatic rings. The smallest absolute Gasteiger partial charge is 0.140 e. The Morgan fingerprint density at radius 1 is 1.11 bits per heavy atom. The van der Waals surface area contributed by atoms with Crippen LogP contribution in [0.1, 0.15) is 64.5 Å². The van der Waals surface area contributed by atoms with Gasteiger partial charge in [0.1, 0.15) is 23.5 Å². The minimum absolute atomic E-state index is 0.0674. The lowest BCUT2D eigenvalue weighted by atomic mass is 9.73. The largest absolute Gasteiger partial charge is 0.487 e. The lowest BCUT2D eigenvalue weighted by Gasteiger charge is -2.50. The van der Waals surface area contributed by atoms with Crippen LogP contribution in [0.5, 0.6) is 5.75 Å². The highest BCUT2D eigenvalue weighted by molar-refractivity contribution is 5.39. The Morgan fingerprint density at radius 2 is 1.85 bits per heavy atom. The van der Waals surface area contributed by atoms with E-state index in [0.717, 1.165) is 29.6 Å². The third-order valence-corrected chi connectivity index (χ3v) is 6.89. The maximum Gasteiger partial charge on any atom is 0.140 e. The SMILES string of the molecule is CC1(C)Oc2ccccc2[C@@H]2O[C@@](C)(C#CC[N+]3(C)CCCCC3)CC[C@H]21. The Labute approximate surface area is 164 Å². The quantitative estimate of drug-likeness (QED) is 0.528. The van der Waals surface area contributed by atoms with Gasteiger partial charge in [0.25, 0.3) is 0 Å². The summed E-state index contributed by atoms with van der Waals surface area (Å²) in [6.07, 6.45) is 6.17. The van der Waals surface area contributed by atoms with Crippen LogP contribution in [0, 0.1) is 17.8 Å². The number of hydrogen-bond acceptors (Lipinski definition) is 2. The molecule has 0 unspecified atom stereocenters. The molecule has 0 aromatic heterocycles. The van der Waals surface area contributed by atoms with Crippen LogP contribution in [-0.4, -0.2) is 42.4 Å². The maximum atomic E-state index is 6.70. The van der Waals surface area contributed by atoms with E-state index in [2.05, 4.69) is 57.9 Å². The van der Waals surface area contributed by atoms with Crippen molar-refractivity contribution in [1.29, 1.82) is 0 Å². The number of hydrogen-bond donors (Lipinski definition) is 0. The number of benzene rings is 1. The zero-order valence-electron chi connectivity index (χ0n) is 17.4. The van der Waals surface area contributed by atoms with E-state index in [1.165, 1.54) is 37.9 Å². The molecule has 1 aromatic carbocycles. The van der Waals surface area contributed by atoms with Crippen molar-refractivity contribution in [2.24, 2.45) is 5.92 Å². The number of ether oxygens (including phenoxy) is 2. The Balaban J connectivity index is 1.54. The molecular weight excluding hydrogens is 334 g/mol. The van der Waals surface area contributed by atoms with E-state index < -0.39 is 0 Å². The average molecular weight is 369 g/mol. The number of para-hydroxylation sites is 1. The molecule has 0 radical (unpaired) electrons. The first-order valence-electron chi connectivity index (χ1n) is 10.6. The topological polar surface area (TPSA) is 18.5 Å². The highest BCUT2D eigenvalue weighted by Gasteiger charge is 2.50.